The van der Waals surface area contributed by atoms with E-state index in [-0.39, 0.29) is 6.61 Å². The lowest BCUT2D eigenvalue weighted by molar-refractivity contribution is -0.0568. The smallest absolute Gasteiger partial charge is 0.387 e. The third kappa shape index (κ3) is 18.3. The zero-order valence-electron chi connectivity index (χ0n) is 29.6. The van der Waals surface area contributed by atoms with Crippen molar-refractivity contribution in [1.29, 1.82) is 0 Å². The monoisotopic (exact) mass is 740 g/mol. The van der Waals surface area contributed by atoms with E-state index in [4.69, 9.17) is 18.5 Å². The highest BCUT2D eigenvalue weighted by atomic mass is 32.2. The molecule has 1 saturated heterocycles. The number of ether oxygens (including phenoxy) is 2. The number of phosphoric acid groups is 1. The summed E-state index contributed by atoms with van der Waals surface area (Å²) in [6, 6.07) is 0. The number of nitrogens with one attached hydrogen (secondary N) is 1. The summed E-state index contributed by atoms with van der Waals surface area (Å²) >= 11 is 1.73. The van der Waals surface area contributed by atoms with Crippen LogP contribution in [0.15, 0.2) is 15.8 Å². The molecule has 286 valence electrons. The van der Waals surface area contributed by atoms with Gasteiger partial charge in [0.2, 0.25) is 5.82 Å². The van der Waals surface area contributed by atoms with Crippen LogP contribution in [0, 0.1) is 5.82 Å². The number of nitrogens with zero attached hydrogens (tertiary/aromatic N) is 1. The van der Waals surface area contributed by atoms with Crippen molar-refractivity contribution in [1.82, 2.24) is 9.55 Å². The number of rotatable bonds is 30. The molecule has 6 atom stereocenters. The molecule has 0 spiro atoms. The summed E-state index contributed by atoms with van der Waals surface area (Å²) < 4.78 is 48.9. The third-order valence-corrected chi connectivity index (χ3v) is 10.8. The Morgan fingerprint density at radius 3 is 2.02 bits per heavy atom. The van der Waals surface area contributed by atoms with Crippen molar-refractivity contribution in [2.24, 2.45) is 0 Å². The number of aliphatic hydroxyl groups is 2. The molecule has 0 bridgehead atoms. The number of aromatic amines is 1. The van der Waals surface area contributed by atoms with Crippen LogP contribution in [0.5, 0.6) is 0 Å². The van der Waals surface area contributed by atoms with Crippen molar-refractivity contribution in [3.05, 3.63) is 32.9 Å². The van der Waals surface area contributed by atoms with Gasteiger partial charge in [-0.1, -0.05) is 117 Å². The number of halogens is 1. The maximum Gasteiger partial charge on any atom is 0.472 e. The van der Waals surface area contributed by atoms with Gasteiger partial charge in [-0.3, -0.25) is 23.4 Å². The molecule has 4 N–H and O–H groups in total. The summed E-state index contributed by atoms with van der Waals surface area (Å²) in [5.74, 6) is 0.264. The van der Waals surface area contributed by atoms with Crippen molar-refractivity contribution >= 4 is 19.6 Å². The van der Waals surface area contributed by atoms with Gasteiger partial charge < -0.3 is 24.6 Å². The fourth-order valence-corrected chi connectivity index (χ4v) is 7.46. The van der Waals surface area contributed by atoms with Crippen LogP contribution in [0.25, 0.3) is 0 Å². The van der Waals surface area contributed by atoms with Gasteiger partial charge in [0.15, 0.2) is 6.23 Å². The summed E-state index contributed by atoms with van der Waals surface area (Å²) in [6.45, 7) is 4.11. The van der Waals surface area contributed by atoms with E-state index in [1.54, 1.807) is 16.7 Å². The minimum atomic E-state index is -4.63. The number of aromatic nitrogens is 2. The highest BCUT2D eigenvalue weighted by Gasteiger charge is 2.45. The first-order chi connectivity index (χ1) is 23.6. The van der Waals surface area contributed by atoms with E-state index in [9.17, 15) is 33.7 Å². The van der Waals surface area contributed by atoms with Gasteiger partial charge >= 0.3 is 13.5 Å². The van der Waals surface area contributed by atoms with E-state index in [0.717, 1.165) is 31.4 Å². The number of H-pyrrole nitrogens is 1. The van der Waals surface area contributed by atoms with Crippen LogP contribution in [-0.2, 0) is 23.1 Å². The van der Waals surface area contributed by atoms with E-state index in [1.165, 1.54) is 89.9 Å². The zero-order chi connectivity index (χ0) is 35.9. The van der Waals surface area contributed by atoms with Crippen molar-refractivity contribution in [2.75, 3.05) is 31.3 Å². The van der Waals surface area contributed by atoms with E-state index in [2.05, 4.69) is 13.8 Å². The van der Waals surface area contributed by atoms with Gasteiger partial charge in [0.1, 0.15) is 18.3 Å². The maximum atomic E-state index is 13.8. The highest BCUT2D eigenvalue weighted by molar-refractivity contribution is 7.99. The van der Waals surface area contributed by atoms with Crippen molar-refractivity contribution in [3.63, 3.8) is 0 Å². The Labute approximate surface area is 295 Å². The number of unbranched alkanes of at least 4 members (excludes halogenated alkanes) is 16. The number of hydrogen-bond acceptors (Lipinski definition) is 10. The Hall–Kier alpha value is -1.09. The van der Waals surface area contributed by atoms with Gasteiger partial charge in [-0.25, -0.2) is 9.36 Å². The van der Waals surface area contributed by atoms with E-state index < -0.39 is 62.1 Å². The largest absolute Gasteiger partial charge is 0.472 e. The molecule has 2 heterocycles. The number of hydrogen-bond donors (Lipinski definition) is 4. The third-order valence-electron chi connectivity index (χ3n) is 8.66. The maximum absolute atomic E-state index is 13.8. The molecular formula is C34H62FN2O10PS. The molecule has 0 aliphatic carbocycles. The standard InChI is InChI=1S/C34H62FN2O10PS/c1-3-5-7-9-11-13-14-16-18-20-22-49-26-27(44-21-19-17-15-12-10-8-6-4-2)24-45-48(42,43)46-25-29-30(38)31(39)33(47-29)37-23-28(35)32(40)36-34(37)41/h23,27,29-31,33,38-39H,3-22,24-26H2,1-2H3,(H,42,43)(H,36,40,41)/t27?,29-,30-,31-,33-/m1/s1. The number of thioether (sulfide) groups is 1. The second-order valence-electron chi connectivity index (χ2n) is 13.0. The van der Waals surface area contributed by atoms with Gasteiger partial charge in [-0.05, 0) is 18.6 Å². The predicted octanol–water partition coefficient (Wildman–Crippen LogP) is 6.61. The second kappa shape index (κ2) is 25.8. The molecule has 1 aromatic heterocycles. The van der Waals surface area contributed by atoms with Crippen LogP contribution in [0.1, 0.15) is 136 Å². The Kier molecular flexibility index (Phi) is 23.2. The van der Waals surface area contributed by atoms with Crippen molar-refractivity contribution in [3.8, 4) is 0 Å². The van der Waals surface area contributed by atoms with Gasteiger partial charge in [0.05, 0.1) is 25.5 Å². The van der Waals surface area contributed by atoms with Gasteiger partial charge in [-0.15, -0.1) is 0 Å². The lowest BCUT2D eigenvalue weighted by Crippen LogP contribution is -2.38. The summed E-state index contributed by atoms with van der Waals surface area (Å²) in [5.41, 5.74) is -2.31. The quantitative estimate of drug-likeness (QED) is 0.0495. The summed E-state index contributed by atoms with van der Waals surface area (Å²) in [4.78, 5) is 35.6. The van der Waals surface area contributed by atoms with Crippen LogP contribution in [0.3, 0.4) is 0 Å². The molecule has 2 unspecified atom stereocenters. The van der Waals surface area contributed by atoms with Crippen LogP contribution in [-0.4, -0.2) is 80.4 Å². The zero-order valence-corrected chi connectivity index (χ0v) is 31.3. The molecule has 12 nitrogen and oxygen atoms in total. The first kappa shape index (κ1) is 44.1. The Morgan fingerprint density at radius 2 is 1.43 bits per heavy atom. The fourth-order valence-electron chi connectivity index (χ4n) is 5.67. The molecule has 1 fully saturated rings. The molecule has 49 heavy (non-hydrogen) atoms. The van der Waals surface area contributed by atoms with Crippen LogP contribution in [0.2, 0.25) is 0 Å². The first-order valence-corrected chi connectivity index (χ1v) is 21.1. The topological polar surface area (TPSA) is 170 Å². The van der Waals surface area contributed by atoms with E-state index in [1.807, 2.05) is 0 Å². The SMILES string of the molecule is CCCCCCCCCCCCSCC(COP(=O)(O)OC[C@H]1O[C@@H](n2cc(F)c(=O)[nH]c2=O)[C@H](O)[C@@H]1O)OCCCCCCCCCC. The molecule has 0 amide bonds. The number of phosphoric ester groups is 1. The molecule has 0 radical (unpaired) electrons. The van der Waals surface area contributed by atoms with Crippen molar-refractivity contribution < 1.29 is 42.6 Å². The lowest BCUT2D eigenvalue weighted by Gasteiger charge is -2.21. The molecule has 1 aliphatic heterocycles. The summed E-state index contributed by atoms with van der Waals surface area (Å²) in [5, 5.41) is 20.8. The highest BCUT2D eigenvalue weighted by Crippen LogP contribution is 2.44. The minimum absolute atomic E-state index is 0.179. The average molecular weight is 741 g/mol. The minimum Gasteiger partial charge on any atom is -0.387 e. The summed E-state index contributed by atoms with van der Waals surface area (Å²) in [7, 11) is -4.63. The molecule has 1 aliphatic rings. The molecule has 0 aromatic carbocycles. The number of aliphatic hydroxyl groups excluding tert-OH is 2. The van der Waals surface area contributed by atoms with E-state index in [0.29, 0.717) is 23.1 Å². The Morgan fingerprint density at radius 1 is 0.878 bits per heavy atom. The van der Waals surface area contributed by atoms with Crippen molar-refractivity contribution in [2.45, 2.75) is 160 Å². The average Bonchev–Trinajstić information content (AvgIpc) is 3.35. The molecular weight excluding hydrogens is 678 g/mol. The predicted molar refractivity (Wildman–Crippen MR) is 190 cm³/mol. The molecule has 0 saturated carbocycles. The van der Waals surface area contributed by atoms with Crippen LogP contribution < -0.4 is 11.2 Å². The molecule has 2 rings (SSSR count). The lowest BCUT2D eigenvalue weighted by atomic mass is 10.1. The van der Waals surface area contributed by atoms with E-state index >= 15 is 0 Å². The fraction of sp³-hybridized carbons (Fsp3) is 0.882. The normalized spacial score (nSPS) is 21.3. The Balaban J connectivity index is 1.78. The van der Waals surface area contributed by atoms with Gasteiger partial charge in [0, 0.05) is 12.4 Å². The molecule has 1 aromatic rings. The van der Waals surface area contributed by atoms with Crippen LogP contribution >= 0.6 is 19.6 Å². The second-order valence-corrected chi connectivity index (χ2v) is 15.6. The van der Waals surface area contributed by atoms with Gasteiger partial charge in [-0.2, -0.15) is 16.2 Å². The first-order valence-electron chi connectivity index (χ1n) is 18.4. The van der Waals surface area contributed by atoms with Gasteiger partial charge in [0.25, 0.3) is 5.56 Å². The van der Waals surface area contributed by atoms with Crippen LogP contribution in [0.4, 0.5) is 4.39 Å². The molecule has 15 heteroatoms. The summed E-state index contributed by atoms with van der Waals surface area (Å²) in [6.07, 6.45) is 15.9. The Bertz CT molecular complexity index is 1170.